The largest absolute Gasteiger partial charge is 0.332 e. The number of rotatable bonds is 8. The van der Waals surface area contributed by atoms with Crippen LogP contribution < -0.4 is 5.32 Å². The predicted molar refractivity (Wildman–Crippen MR) is 122 cm³/mol. The summed E-state index contributed by atoms with van der Waals surface area (Å²) >= 11 is 0. The Bertz CT molecular complexity index is 1040. The Balaban J connectivity index is 1.82. The summed E-state index contributed by atoms with van der Waals surface area (Å²) in [6, 6.07) is 19.5. The zero-order chi connectivity index (χ0) is 22.4. The first-order valence-corrected chi connectivity index (χ1v) is 10.6. The quantitative estimate of drug-likeness (QED) is 0.580. The molecular formula is C25H30N4O2. The molecular weight excluding hydrogens is 388 g/mol. The summed E-state index contributed by atoms with van der Waals surface area (Å²) in [5, 5.41) is 7.29. The van der Waals surface area contributed by atoms with Gasteiger partial charge in [-0.3, -0.25) is 14.3 Å². The van der Waals surface area contributed by atoms with E-state index in [1.54, 1.807) is 0 Å². The number of carbonyl (C=O) groups excluding carboxylic acids is 2. The van der Waals surface area contributed by atoms with E-state index >= 15 is 0 Å². The van der Waals surface area contributed by atoms with Gasteiger partial charge in [0, 0.05) is 37.8 Å². The van der Waals surface area contributed by atoms with E-state index in [-0.39, 0.29) is 17.9 Å². The molecule has 3 aromatic rings. The Morgan fingerprint density at radius 3 is 2.45 bits per heavy atom. The van der Waals surface area contributed by atoms with Crippen LogP contribution >= 0.6 is 0 Å². The van der Waals surface area contributed by atoms with Crippen LogP contribution in [0.25, 0.3) is 0 Å². The molecule has 6 nitrogen and oxygen atoms in total. The molecule has 0 aliphatic rings. The fourth-order valence-electron chi connectivity index (χ4n) is 3.73. The van der Waals surface area contributed by atoms with Crippen LogP contribution in [0.5, 0.6) is 0 Å². The van der Waals surface area contributed by atoms with E-state index in [2.05, 4.69) is 10.4 Å². The van der Waals surface area contributed by atoms with Crippen molar-refractivity contribution in [3.63, 3.8) is 0 Å². The lowest BCUT2D eigenvalue weighted by atomic mass is 10.0. The van der Waals surface area contributed by atoms with Crippen molar-refractivity contribution in [3.8, 4) is 0 Å². The van der Waals surface area contributed by atoms with E-state index < -0.39 is 0 Å². The van der Waals surface area contributed by atoms with E-state index in [1.807, 2.05) is 91.0 Å². The third kappa shape index (κ3) is 6.04. The average Bonchev–Trinajstić information content (AvgIpc) is 3.07. The zero-order valence-corrected chi connectivity index (χ0v) is 18.6. The number of carbonyl (C=O) groups is 2. The molecule has 0 aliphatic heterocycles. The fraction of sp³-hybridized carbons (Fsp3) is 0.320. The second-order valence-electron chi connectivity index (χ2n) is 7.89. The number of hydrogen-bond acceptors (Lipinski definition) is 3. The molecule has 0 spiro atoms. The highest BCUT2D eigenvalue weighted by atomic mass is 16.2. The molecule has 1 atom stereocenters. The highest BCUT2D eigenvalue weighted by Crippen LogP contribution is 2.26. The van der Waals surface area contributed by atoms with Gasteiger partial charge in [-0.05, 0) is 50.1 Å². The lowest BCUT2D eigenvalue weighted by Gasteiger charge is -2.30. The van der Waals surface area contributed by atoms with Gasteiger partial charge in [0.15, 0.2) is 0 Å². The summed E-state index contributed by atoms with van der Waals surface area (Å²) in [5.74, 6) is -0.0549. The lowest BCUT2D eigenvalue weighted by molar-refractivity contribution is -0.134. The normalized spacial score (nSPS) is 11.7. The number of nitrogens with zero attached hydrogens (tertiary/aromatic N) is 3. The van der Waals surface area contributed by atoms with Crippen LogP contribution in [-0.4, -0.2) is 26.5 Å². The molecule has 2 amide bonds. The number of anilines is 1. The molecule has 0 radical (unpaired) electrons. The summed E-state index contributed by atoms with van der Waals surface area (Å²) in [7, 11) is 0. The van der Waals surface area contributed by atoms with E-state index in [1.165, 1.54) is 6.92 Å². The SMILES string of the molecule is CC(=O)Nc1cccc(C(C)N(Cc2ccccc2)C(=O)CCn2nc(C)cc2C)c1. The van der Waals surface area contributed by atoms with E-state index in [0.29, 0.717) is 19.5 Å². The summed E-state index contributed by atoms with van der Waals surface area (Å²) < 4.78 is 1.88. The molecule has 1 unspecified atom stereocenters. The van der Waals surface area contributed by atoms with Crippen molar-refractivity contribution in [2.24, 2.45) is 0 Å². The Kier molecular flexibility index (Phi) is 7.23. The molecule has 1 aromatic heterocycles. The Morgan fingerprint density at radius 2 is 1.81 bits per heavy atom. The third-order valence-electron chi connectivity index (χ3n) is 5.31. The molecule has 0 fully saturated rings. The van der Waals surface area contributed by atoms with Gasteiger partial charge < -0.3 is 10.2 Å². The summed E-state index contributed by atoms with van der Waals surface area (Å²) in [4.78, 5) is 26.7. The van der Waals surface area contributed by atoms with Crippen LogP contribution in [0.15, 0.2) is 60.7 Å². The van der Waals surface area contributed by atoms with Gasteiger partial charge >= 0.3 is 0 Å². The fourth-order valence-corrected chi connectivity index (χ4v) is 3.73. The van der Waals surface area contributed by atoms with Gasteiger partial charge in [0.25, 0.3) is 0 Å². The summed E-state index contributed by atoms with van der Waals surface area (Å²) in [5.41, 5.74) is 4.78. The molecule has 6 heteroatoms. The van der Waals surface area contributed by atoms with Crippen LogP contribution in [0.1, 0.15) is 48.8 Å². The minimum Gasteiger partial charge on any atom is -0.332 e. The lowest BCUT2D eigenvalue weighted by Crippen LogP contribution is -2.34. The van der Waals surface area contributed by atoms with Crippen molar-refractivity contribution < 1.29 is 9.59 Å². The third-order valence-corrected chi connectivity index (χ3v) is 5.31. The van der Waals surface area contributed by atoms with E-state index in [4.69, 9.17) is 0 Å². The molecule has 0 bridgehead atoms. The maximum Gasteiger partial charge on any atom is 0.225 e. The molecule has 1 N–H and O–H groups in total. The Labute approximate surface area is 183 Å². The molecule has 31 heavy (non-hydrogen) atoms. The summed E-state index contributed by atoms with van der Waals surface area (Å²) in [6.45, 7) is 8.53. The minimum absolute atomic E-state index is 0.0637. The van der Waals surface area contributed by atoms with Crippen LogP contribution in [0.2, 0.25) is 0 Å². The van der Waals surface area contributed by atoms with Gasteiger partial charge in [0.2, 0.25) is 11.8 Å². The van der Waals surface area contributed by atoms with Crippen molar-refractivity contribution in [2.75, 3.05) is 5.32 Å². The predicted octanol–water partition coefficient (Wildman–Crippen LogP) is 4.64. The number of aromatic nitrogens is 2. The topological polar surface area (TPSA) is 67.2 Å². The number of nitrogens with one attached hydrogen (secondary N) is 1. The van der Waals surface area contributed by atoms with Gasteiger partial charge in [-0.1, -0.05) is 42.5 Å². The molecule has 1 heterocycles. The van der Waals surface area contributed by atoms with Crippen molar-refractivity contribution >= 4 is 17.5 Å². The number of aryl methyl sites for hydroxylation is 3. The standard InChI is InChI=1S/C25H30N4O2/c1-18-15-19(2)29(27-18)14-13-25(31)28(17-22-9-6-5-7-10-22)20(3)23-11-8-12-24(16-23)26-21(4)30/h5-12,15-16,20H,13-14,17H2,1-4H3,(H,26,30). The van der Waals surface area contributed by atoms with Crippen LogP contribution in [-0.2, 0) is 22.7 Å². The first-order valence-electron chi connectivity index (χ1n) is 10.6. The van der Waals surface area contributed by atoms with Gasteiger partial charge in [0.1, 0.15) is 0 Å². The van der Waals surface area contributed by atoms with Gasteiger partial charge in [0.05, 0.1) is 11.7 Å². The van der Waals surface area contributed by atoms with Crippen LogP contribution in [0.4, 0.5) is 5.69 Å². The molecule has 0 aliphatic carbocycles. The van der Waals surface area contributed by atoms with E-state index in [9.17, 15) is 9.59 Å². The first-order chi connectivity index (χ1) is 14.8. The highest BCUT2D eigenvalue weighted by Gasteiger charge is 2.22. The van der Waals surface area contributed by atoms with Crippen molar-refractivity contribution in [3.05, 3.63) is 83.2 Å². The Morgan fingerprint density at radius 1 is 1.06 bits per heavy atom. The van der Waals surface area contributed by atoms with Gasteiger partial charge in [-0.15, -0.1) is 0 Å². The maximum atomic E-state index is 13.3. The molecule has 162 valence electrons. The van der Waals surface area contributed by atoms with Crippen LogP contribution in [0, 0.1) is 13.8 Å². The highest BCUT2D eigenvalue weighted by molar-refractivity contribution is 5.88. The van der Waals surface area contributed by atoms with Crippen molar-refractivity contribution in [2.45, 2.75) is 53.2 Å². The Hall–Kier alpha value is -3.41. The van der Waals surface area contributed by atoms with E-state index in [0.717, 1.165) is 28.2 Å². The van der Waals surface area contributed by atoms with Crippen LogP contribution in [0.3, 0.4) is 0 Å². The number of benzene rings is 2. The number of amides is 2. The summed E-state index contributed by atoms with van der Waals surface area (Å²) in [6.07, 6.45) is 0.366. The first kappa shape index (κ1) is 22.3. The zero-order valence-electron chi connectivity index (χ0n) is 18.6. The number of hydrogen-bond donors (Lipinski definition) is 1. The van der Waals surface area contributed by atoms with Gasteiger partial charge in [-0.2, -0.15) is 5.10 Å². The molecule has 0 saturated carbocycles. The smallest absolute Gasteiger partial charge is 0.225 e. The van der Waals surface area contributed by atoms with Gasteiger partial charge in [-0.25, -0.2) is 0 Å². The average molecular weight is 419 g/mol. The van der Waals surface area contributed by atoms with Crippen molar-refractivity contribution in [1.29, 1.82) is 0 Å². The van der Waals surface area contributed by atoms with Crippen molar-refractivity contribution in [1.82, 2.24) is 14.7 Å². The molecule has 3 rings (SSSR count). The molecule has 0 saturated heterocycles. The molecule has 2 aromatic carbocycles. The second-order valence-corrected chi connectivity index (χ2v) is 7.89. The second kappa shape index (κ2) is 10.1. The monoisotopic (exact) mass is 418 g/mol. The maximum absolute atomic E-state index is 13.3. The minimum atomic E-state index is -0.151.